The highest BCUT2D eigenvalue weighted by Gasteiger charge is 2.13. The number of carbonyl (C=O) groups excluding carboxylic acids is 1. The monoisotopic (exact) mass is 290 g/mol. The molecule has 0 radical (unpaired) electrons. The molecule has 6 nitrogen and oxygen atoms in total. The number of anilines is 1. The number of nitrogens with zero attached hydrogens (tertiary/aromatic N) is 3. The molecule has 0 spiro atoms. The Morgan fingerprint density at radius 2 is 2.00 bits per heavy atom. The topological polar surface area (TPSA) is 57.2 Å². The average Bonchev–Trinajstić information content (AvgIpc) is 2.49. The third-order valence-electron chi connectivity index (χ3n) is 3.28. The van der Waals surface area contributed by atoms with Gasteiger partial charge in [-0.1, -0.05) is 12.1 Å². The van der Waals surface area contributed by atoms with E-state index in [1.54, 1.807) is 6.21 Å². The molecule has 21 heavy (non-hydrogen) atoms. The normalized spacial score (nSPS) is 16.1. The Bertz CT molecular complexity index is 479. The van der Waals surface area contributed by atoms with Gasteiger partial charge in [0.05, 0.1) is 26.0 Å². The summed E-state index contributed by atoms with van der Waals surface area (Å²) in [5, 5.41) is 3.99. The molecular weight excluding hydrogens is 268 g/mol. The lowest BCUT2D eigenvalue weighted by atomic mass is 10.2. The van der Waals surface area contributed by atoms with Crippen LogP contribution in [0.1, 0.15) is 5.56 Å². The van der Waals surface area contributed by atoms with Crippen LogP contribution < -0.4 is 10.3 Å². The van der Waals surface area contributed by atoms with E-state index >= 15 is 0 Å². The maximum absolute atomic E-state index is 11.7. The van der Waals surface area contributed by atoms with E-state index in [0.717, 1.165) is 24.3 Å². The van der Waals surface area contributed by atoms with Crippen LogP contribution in [0.3, 0.4) is 0 Å². The van der Waals surface area contributed by atoms with Gasteiger partial charge < -0.3 is 9.64 Å². The Morgan fingerprint density at radius 1 is 1.33 bits per heavy atom. The molecule has 1 amide bonds. The third-order valence-corrected chi connectivity index (χ3v) is 3.28. The van der Waals surface area contributed by atoms with Crippen LogP contribution >= 0.6 is 0 Å². The fourth-order valence-corrected chi connectivity index (χ4v) is 2.04. The predicted molar refractivity (Wildman–Crippen MR) is 83.8 cm³/mol. The van der Waals surface area contributed by atoms with Crippen LogP contribution in [0, 0.1) is 0 Å². The van der Waals surface area contributed by atoms with E-state index in [4.69, 9.17) is 4.74 Å². The van der Waals surface area contributed by atoms with Gasteiger partial charge >= 0.3 is 0 Å². The van der Waals surface area contributed by atoms with Crippen LogP contribution in [0.15, 0.2) is 29.4 Å². The van der Waals surface area contributed by atoms with E-state index in [2.05, 4.69) is 15.4 Å². The molecule has 0 unspecified atom stereocenters. The van der Waals surface area contributed by atoms with E-state index in [1.165, 1.54) is 0 Å². The smallest absolute Gasteiger partial charge is 0.254 e. The van der Waals surface area contributed by atoms with Gasteiger partial charge in [0.25, 0.3) is 5.91 Å². The Morgan fingerprint density at radius 3 is 2.62 bits per heavy atom. The second-order valence-electron chi connectivity index (χ2n) is 5.17. The van der Waals surface area contributed by atoms with Crippen LogP contribution in [-0.4, -0.2) is 64.0 Å². The maximum atomic E-state index is 11.7. The Hall–Kier alpha value is -1.92. The molecule has 0 bridgehead atoms. The van der Waals surface area contributed by atoms with Crippen LogP contribution in [0.25, 0.3) is 0 Å². The van der Waals surface area contributed by atoms with Crippen LogP contribution in [0.2, 0.25) is 0 Å². The fourth-order valence-electron chi connectivity index (χ4n) is 2.04. The van der Waals surface area contributed by atoms with Crippen molar-refractivity contribution in [1.82, 2.24) is 10.3 Å². The van der Waals surface area contributed by atoms with Crippen LogP contribution in [-0.2, 0) is 9.53 Å². The summed E-state index contributed by atoms with van der Waals surface area (Å²) >= 11 is 0. The molecule has 0 saturated carbocycles. The first-order valence-corrected chi connectivity index (χ1v) is 7.04. The van der Waals surface area contributed by atoms with Gasteiger partial charge in [-0.05, 0) is 17.7 Å². The Labute approximate surface area is 125 Å². The highest BCUT2D eigenvalue weighted by atomic mass is 16.5. The van der Waals surface area contributed by atoms with Crippen molar-refractivity contribution in [3.8, 4) is 0 Å². The number of nitrogens with one attached hydrogen (secondary N) is 1. The molecule has 0 aromatic heterocycles. The maximum Gasteiger partial charge on any atom is 0.254 e. The van der Waals surface area contributed by atoms with Crippen LogP contribution in [0.4, 0.5) is 5.69 Å². The predicted octanol–water partition coefficient (Wildman–Crippen LogP) is 0.535. The molecule has 0 atom stereocenters. The minimum Gasteiger partial charge on any atom is -0.379 e. The standard InChI is InChI=1S/C15H22N4O2/c1-18(2)14-5-3-13(4-6-14)11-16-17-15(20)12-19-7-9-21-10-8-19/h3-6,11H,7-10,12H2,1-2H3,(H,17,20)/b16-11-. The third kappa shape index (κ3) is 5.17. The molecule has 1 aliphatic heterocycles. The lowest BCUT2D eigenvalue weighted by molar-refractivity contribution is -0.123. The second-order valence-corrected chi connectivity index (χ2v) is 5.17. The van der Waals surface area contributed by atoms with E-state index < -0.39 is 0 Å². The first-order chi connectivity index (χ1) is 10.1. The summed E-state index contributed by atoms with van der Waals surface area (Å²) in [6.07, 6.45) is 1.65. The summed E-state index contributed by atoms with van der Waals surface area (Å²) in [6.45, 7) is 3.33. The summed E-state index contributed by atoms with van der Waals surface area (Å²) in [7, 11) is 3.99. The number of hydrogen-bond donors (Lipinski definition) is 1. The van der Waals surface area contributed by atoms with Crippen molar-refractivity contribution >= 4 is 17.8 Å². The van der Waals surface area contributed by atoms with E-state index in [9.17, 15) is 4.79 Å². The quantitative estimate of drug-likeness (QED) is 0.635. The number of ether oxygens (including phenoxy) is 1. The zero-order valence-corrected chi connectivity index (χ0v) is 12.6. The number of carbonyl (C=O) groups is 1. The number of hydrogen-bond acceptors (Lipinski definition) is 5. The van der Waals surface area contributed by atoms with Gasteiger partial charge in [-0.2, -0.15) is 5.10 Å². The summed E-state index contributed by atoms with van der Waals surface area (Å²) in [5.74, 6) is -0.0990. The summed E-state index contributed by atoms with van der Waals surface area (Å²) in [5.41, 5.74) is 4.63. The van der Waals surface area contributed by atoms with Gasteiger partial charge in [0.15, 0.2) is 0 Å². The Balaban J connectivity index is 1.77. The van der Waals surface area contributed by atoms with Crippen molar-refractivity contribution in [1.29, 1.82) is 0 Å². The molecule has 1 saturated heterocycles. The van der Waals surface area contributed by atoms with Gasteiger partial charge in [-0.25, -0.2) is 5.43 Å². The van der Waals surface area contributed by atoms with Gasteiger partial charge in [0, 0.05) is 32.9 Å². The molecule has 1 N–H and O–H groups in total. The number of amides is 1. The number of morpholine rings is 1. The molecule has 0 aliphatic carbocycles. The lowest BCUT2D eigenvalue weighted by Crippen LogP contribution is -2.42. The molecule has 2 rings (SSSR count). The summed E-state index contributed by atoms with van der Waals surface area (Å²) in [4.78, 5) is 15.8. The molecule has 1 heterocycles. The fraction of sp³-hybridized carbons (Fsp3) is 0.467. The lowest BCUT2D eigenvalue weighted by Gasteiger charge is -2.25. The van der Waals surface area contributed by atoms with Gasteiger partial charge in [0.2, 0.25) is 0 Å². The number of rotatable bonds is 5. The van der Waals surface area contributed by atoms with Crippen molar-refractivity contribution in [2.75, 3.05) is 51.8 Å². The van der Waals surface area contributed by atoms with Gasteiger partial charge in [-0.3, -0.25) is 9.69 Å². The number of hydrazone groups is 1. The van der Waals surface area contributed by atoms with Crippen molar-refractivity contribution in [3.63, 3.8) is 0 Å². The van der Waals surface area contributed by atoms with Gasteiger partial charge in [0.1, 0.15) is 0 Å². The average molecular weight is 290 g/mol. The van der Waals surface area contributed by atoms with Crippen molar-refractivity contribution in [3.05, 3.63) is 29.8 Å². The van der Waals surface area contributed by atoms with Crippen molar-refractivity contribution in [2.45, 2.75) is 0 Å². The molecule has 1 aromatic carbocycles. The minimum atomic E-state index is -0.0990. The summed E-state index contributed by atoms with van der Waals surface area (Å²) < 4.78 is 5.24. The van der Waals surface area contributed by atoms with Crippen molar-refractivity contribution in [2.24, 2.45) is 5.10 Å². The first kappa shape index (κ1) is 15.5. The zero-order valence-electron chi connectivity index (χ0n) is 12.6. The van der Waals surface area contributed by atoms with E-state index in [-0.39, 0.29) is 5.91 Å². The largest absolute Gasteiger partial charge is 0.379 e. The van der Waals surface area contributed by atoms with E-state index in [1.807, 2.05) is 43.3 Å². The SMILES string of the molecule is CN(C)c1ccc(/C=N\NC(=O)CN2CCOCC2)cc1. The summed E-state index contributed by atoms with van der Waals surface area (Å²) in [6, 6.07) is 7.95. The van der Waals surface area contributed by atoms with Gasteiger partial charge in [-0.15, -0.1) is 0 Å². The van der Waals surface area contributed by atoms with Crippen molar-refractivity contribution < 1.29 is 9.53 Å². The van der Waals surface area contributed by atoms with E-state index in [0.29, 0.717) is 19.8 Å². The second kappa shape index (κ2) is 7.75. The Kier molecular flexibility index (Phi) is 5.71. The molecular formula is C15H22N4O2. The molecule has 6 heteroatoms. The molecule has 114 valence electrons. The highest BCUT2D eigenvalue weighted by Crippen LogP contribution is 2.10. The molecule has 1 aliphatic rings. The zero-order chi connectivity index (χ0) is 15.1. The molecule has 1 aromatic rings. The molecule has 1 fully saturated rings. The number of benzene rings is 1. The van der Waals surface area contributed by atoms with Crippen LogP contribution in [0.5, 0.6) is 0 Å². The first-order valence-electron chi connectivity index (χ1n) is 7.04. The highest BCUT2D eigenvalue weighted by molar-refractivity contribution is 5.83. The minimum absolute atomic E-state index is 0.0990.